The molecule has 1 heterocycles. The maximum Gasteiger partial charge on any atom is 0.337 e. The van der Waals surface area contributed by atoms with Gasteiger partial charge < -0.3 is 9.64 Å². The van der Waals surface area contributed by atoms with Gasteiger partial charge in [-0.05, 0) is 36.2 Å². The summed E-state index contributed by atoms with van der Waals surface area (Å²) in [4.78, 5) is 36.2. The zero-order valence-corrected chi connectivity index (χ0v) is 12.9. The van der Waals surface area contributed by atoms with Crippen LogP contribution in [0, 0.1) is 10.1 Å². The fourth-order valence-corrected chi connectivity index (χ4v) is 2.77. The van der Waals surface area contributed by atoms with E-state index in [2.05, 4.69) is 0 Å². The minimum atomic E-state index is -0.530. The zero-order chi connectivity index (χ0) is 17.3. The van der Waals surface area contributed by atoms with Crippen LogP contribution in [-0.2, 0) is 11.2 Å². The molecule has 1 aliphatic rings. The van der Waals surface area contributed by atoms with Crippen molar-refractivity contribution in [3.05, 3.63) is 69.3 Å². The molecule has 0 saturated heterocycles. The highest BCUT2D eigenvalue weighted by Crippen LogP contribution is 2.30. The van der Waals surface area contributed by atoms with Gasteiger partial charge in [0.15, 0.2) is 0 Å². The molecule has 1 aliphatic heterocycles. The molecule has 0 aromatic heterocycles. The summed E-state index contributed by atoms with van der Waals surface area (Å²) < 4.78 is 4.69. The van der Waals surface area contributed by atoms with Crippen LogP contribution < -0.4 is 4.90 Å². The number of carbonyl (C=O) groups excluding carboxylic acids is 2. The number of hydrogen-bond donors (Lipinski definition) is 0. The van der Waals surface area contributed by atoms with Crippen LogP contribution in [0.25, 0.3) is 0 Å². The molecule has 0 spiro atoms. The molecule has 3 rings (SSSR count). The number of carbonyl (C=O) groups is 2. The van der Waals surface area contributed by atoms with E-state index < -0.39 is 10.9 Å². The van der Waals surface area contributed by atoms with Gasteiger partial charge in [0.05, 0.1) is 17.6 Å². The number of benzene rings is 2. The molecule has 24 heavy (non-hydrogen) atoms. The van der Waals surface area contributed by atoms with E-state index in [1.807, 2.05) is 0 Å². The number of methoxy groups -OCH3 is 1. The monoisotopic (exact) mass is 326 g/mol. The average molecular weight is 326 g/mol. The topological polar surface area (TPSA) is 89.8 Å². The first-order valence-electron chi connectivity index (χ1n) is 7.29. The first-order chi connectivity index (χ1) is 11.5. The number of ether oxygens (including phenoxy) is 1. The van der Waals surface area contributed by atoms with Crippen molar-refractivity contribution in [1.29, 1.82) is 0 Å². The Kier molecular flexibility index (Phi) is 3.99. The number of nitro groups is 1. The second-order valence-corrected chi connectivity index (χ2v) is 5.35. The first-order valence-corrected chi connectivity index (χ1v) is 7.29. The van der Waals surface area contributed by atoms with Crippen molar-refractivity contribution < 1.29 is 19.2 Å². The third-order valence-electron chi connectivity index (χ3n) is 3.95. The van der Waals surface area contributed by atoms with Crippen molar-refractivity contribution in [3.63, 3.8) is 0 Å². The van der Waals surface area contributed by atoms with Gasteiger partial charge >= 0.3 is 5.97 Å². The van der Waals surface area contributed by atoms with Crippen LogP contribution in [0.15, 0.2) is 42.5 Å². The van der Waals surface area contributed by atoms with Crippen LogP contribution in [0.4, 0.5) is 11.4 Å². The van der Waals surface area contributed by atoms with E-state index in [1.54, 1.807) is 29.2 Å². The van der Waals surface area contributed by atoms with Gasteiger partial charge in [-0.25, -0.2) is 4.79 Å². The van der Waals surface area contributed by atoms with Crippen LogP contribution in [-0.4, -0.2) is 30.5 Å². The summed E-state index contributed by atoms with van der Waals surface area (Å²) in [6, 6.07) is 10.7. The van der Waals surface area contributed by atoms with E-state index in [9.17, 15) is 19.7 Å². The molecule has 0 bridgehead atoms. The van der Waals surface area contributed by atoms with Crippen molar-refractivity contribution >= 4 is 23.3 Å². The molecule has 7 heteroatoms. The molecule has 0 radical (unpaired) electrons. The number of hydrogen-bond acceptors (Lipinski definition) is 5. The molecule has 0 fully saturated rings. The average Bonchev–Trinajstić information content (AvgIpc) is 3.03. The number of nitro benzene ring substituents is 1. The van der Waals surface area contributed by atoms with Gasteiger partial charge in [0, 0.05) is 29.9 Å². The molecular weight excluding hydrogens is 312 g/mol. The SMILES string of the molecule is COC(=O)c1ccc2c(c1)CCN2C(=O)c1cccc([N+](=O)[O-])c1. The minimum absolute atomic E-state index is 0.124. The largest absolute Gasteiger partial charge is 0.465 e. The van der Waals surface area contributed by atoms with Crippen molar-refractivity contribution in [2.24, 2.45) is 0 Å². The summed E-state index contributed by atoms with van der Waals surface area (Å²) in [6.07, 6.45) is 0.612. The second kappa shape index (κ2) is 6.11. The molecule has 0 saturated carbocycles. The molecule has 7 nitrogen and oxygen atoms in total. The number of rotatable bonds is 3. The standard InChI is InChI=1S/C17H14N2O5/c1-24-17(21)13-5-6-15-11(9-13)7-8-18(15)16(20)12-3-2-4-14(10-12)19(22)23/h2-6,9-10H,7-8H2,1H3. The van der Waals surface area contributed by atoms with E-state index in [0.29, 0.717) is 24.2 Å². The van der Waals surface area contributed by atoms with E-state index >= 15 is 0 Å². The molecule has 1 amide bonds. The lowest BCUT2D eigenvalue weighted by atomic mass is 10.1. The highest BCUT2D eigenvalue weighted by Gasteiger charge is 2.27. The summed E-state index contributed by atoms with van der Waals surface area (Å²) in [6.45, 7) is 0.460. The Hall–Kier alpha value is -3.22. The fraction of sp³-hybridized carbons (Fsp3) is 0.176. The minimum Gasteiger partial charge on any atom is -0.465 e. The Morgan fingerprint density at radius 2 is 1.96 bits per heavy atom. The first kappa shape index (κ1) is 15.7. The van der Waals surface area contributed by atoms with E-state index in [0.717, 1.165) is 5.56 Å². The third-order valence-corrected chi connectivity index (χ3v) is 3.95. The van der Waals surface area contributed by atoms with Crippen molar-refractivity contribution in [3.8, 4) is 0 Å². The highest BCUT2D eigenvalue weighted by molar-refractivity contribution is 6.08. The van der Waals surface area contributed by atoms with E-state index in [-0.39, 0.29) is 17.2 Å². The van der Waals surface area contributed by atoms with Gasteiger partial charge in [0.1, 0.15) is 0 Å². The molecule has 0 N–H and O–H groups in total. The quantitative estimate of drug-likeness (QED) is 0.491. The van der Waals surface area contributed by atoms with Crippen molar-refractivity contribution in [2.45, 2.75) is 6.42 Å². The predicted octanol–water partition coefficient (Wildman–Crippen LogP) is 2.58. The van der Waals surface area contributed by atoms with Crippen LogP contribution in [0.1, 0.15) is 26.3 Å². The van der Waals surface area contributed by atoms with Crippen molar-refractivity contribution in [1.82, 2.24) is 0 Å². The molecular formula is C17H14N2O5. The molecule has 0 unspecified atom stereocenters. The fourth-order valence-electron chi connectivity index (χ4n) is 2.77. The number of anilines is 1. The summed E-state index contributed by atoms with van der Waals surface area (Å²) >= 11 is 0. The summed E-state index contributed by atoms with van der Waals surface area (Å²) in [5.41, 5.74) is 2.15. The zero-order valence-electron chi connectivity index (χ0n) is 12.9. The second-order valence-electron chi connectivity index (χ2n) is 5.35. The Morgan fingerprint density at radius 3 is 2.67 bits per heavy atom. The Bertz CT molecular complexity index is 847. The maximum absolute atomic E-state index is 12.7. The number of fused-ring (bicyclic) bond motifs is 1. The van der Waals surface area contributed by atoms with Crippen LogP contribution in [0.3, 0.4) is 0 Å². The van der Waals surface area contributed by atoms with Crippen LogP contribution in [0.2, 0.25) is 0 Å². The Morgan fingerprint density at radius 1 is 1.17 bits per heavy atom. The number of non-ortho nitro benzene ring substituents is 1. The van der Waals surface area contributed by atoms with E-state index in [4.69, 9.17) is 4.74 Å². The molecule has 0 atom stereocenters. The third kappa shape index (κ3) is 2.71. The molecule has 2 aromatic rings. The molecule has 2 aromatic carbocycles. The van der Waals surface area contributed by atoms with Crippen molar-refractivity contribution in [2.75, 3.05) is 18.6 Å². The van der Waals surface area contributed by atoms with Gasteiger partial charge in [0.2, 0.25) is 0 Å². The van der Waals surface area contributed by atoms with Gasteiger partial charge in [0.25, 0.3) is 11.6 Å². The van der Waals surface area contributed by atoms with Crippen LogP contribution >= 0.6 is 0 Å². The van der Waals surface area contributed by atoms with Gasteiger partial charge in [-0.3, -0.25) is 14.9 Å². The lowest BCUT2D eigenvalue weighted by molar-refractivity contribution is -0.384. The van der Waals surface area contributed by atoms with Gasteiger partial charge in [-0.1, -0.05) is 6.07 Å². The number of nitrogens with zero attached hydrogens (tertiary/aromatic N) is 2. The number of amides is 1. The lowest BCUT2D eigenvalue weighted by Gasteiger charge is -2.17. The Balaban J connectivity index is 1.91. The highest BCUT2D eigenvalue weighted by atomic mass is 16.6. The maximum atomic E-state index is 12.7. The van der Waals surface area contributed by atoms with Gasteiger partial charge in [-0.2, -0.15) is 0 Å². The smallest absolute Gasteiger partial charge is 0.337 e. The lowest BCUT2D eigenvalue weighted by Crippen LogP contribution is -2.28. The summed E-state index contributed by atoms with van der Waals surface area (Å²) in [7, 11) is 1.31. The van der Waals surface area contributed by atoms with Crippen LogP contribution in [0.5, 0.6) is 0 Å². The summed E-state index contributed by atoms with van der Waals surface area (Å²) in [5.74, 6) is -0.732. The molecule has 0 aliphatic carbocycles. The summed E-state index contributed by atoms with van der Waals surface area (Å²) in [5, 5.41) is 10.9. The van der Waals surface area contributed by atoms with Gasteiger partial charge in [-0.15, -0.1) is 0 Å². The normalized spacial score (nSPS) is 12.6. The number of esters is 1. The van der Waals surface area contributed by atoms with E-state index in [1.165, 1.54) is 25.3 Å². The molecule has 122 valence electrons. The predicted molar refractivity (Wildman–Crippen MR) is 86.3 cm³/mol. The Labute approximate surface area is 137 Å².